The van der Waals surface area contributed by atoms with Gasteiger partial charge in [-0.25, -0.2) is 0 Å². The Morgan fingerprint density at radius 1 is 1.50 bits per heavy atom. The van der Waals surface area contributed by atoms with Gasteiger partial charge in [0, 0.05) is 31.6 Å². The first-order valence-corrected chi connectivity index (χ1v) is 8.77. The van der Waals surface area contributed by atoms with Gasteiger partial charge in [-0.1, -0.05) is 13.8 Å². The molecule has 1 aliphatic heterocycles. The summed E-state index contributed by atoms with van der Waals surface area (Å²) in [7, 11) is 0. The van der Waals surface area contributed by atoms with Gasteiger partial charge in [-0.3, -0.25) is 9.59 Å². The van der Waals surface area contributed by atoms with Crippen molar-refractivity contribution in [3.05, 3.63) is 28.5 Å². The average Bonchev–Trinajstić information content (AvgIpc) is 3.03. The molecule has 2 amide bonds. The number of carbonyl (C=O) groups is 2. The molecule has 0 aliphatic carbocycles. The van der Waals surface area contributed by atoms with Crippen LogP contribution in [0.2, 0.25) is 0 Å². The first-order chi connectivity index (χ1) is 10.6. The third-order valence-electron chi connectivity index (χ3n) is 3.88. The molecule has 120 valence electrons. The molecule has 2 rings (SSSR count). The topological polar surface area (TPSA) is 49.4 Å². The standard InChI is InChI=1S/C17H24N2O2S/c1-13(2)17(21)18-10-15-4-3-8-19(11-15)16(20)6-5-14-7-9-22-12-14/h5-7,9,12-13,15H,3-4,8,10-11H2,1-2H3,(H,18,21)/b6-5+/t15-/m1/s1. The Morgan fingerprint density at radius 3 is 3.00 bits per heavy atom. The lowest BCUT2D eigenvalue weighted by Crippen LogP contribution is -2.43. The lowest BCUT2D eigenvalue weighted by molar-refractivity contribution is -0.127. The maximum Gasteiger partial charge on any atom is 0.246 e. The highest BCUT2D eigenvalue weighted by Gasteiger charge is 2.23. The van der Waals surface area contributed by atoms with Crippen LogP contribution >= 0.6 is 11.3 Å². The van der Waals surface area contributed by atoms with Gasteiger partial charge < -0.3 is 10.2 Å². The number of amides is 2. The van der Waals surface area contributed by atoms with Crippen LogP contribution in [0.15, 0.2) is 22.9 Å². The average molecular weight is 320 g/mol. The molecular weight excluding hydrogens is 296 g/mol. The predicted octanol–water partition coefficient (Wildman–Crippen LogP) is 2.77. The van der Waals surface area contributed by atoms with Crippen molar-refractivity contribution in [3.8, 4) is 0 Å². The number of rotatable bonds is 5. The number of carbonyl (C=O) groups excluding carboxylic acids is 2. The highest BCUT2D eigenvalue weighted by molar-refractivity contribution is 7.08. The number of likely N-dealkylation sites (tertiary alicyclic amines) is 1. The first-order valence-electron chi connectivity index (χ1n) is 7.83. The molecule has 1 N–H and O–H groups in total. The van der Waals surface area contributed by atoms with E-state index in [1.807, 2.05) is 41.6 Å². The summed E-state index contributed by atoms with van der Waals surface area (Å²) in [6.07, 6.45) is 5.58. The normalized spacial score (nSPS) is 18.9. The van der Waals surface area contributed by atoms with Crippen LogP contribution in [0.3, 0.4) is 0 Å². The zero-order valence-electron chi connectivity index (χ0n) is 13.2. The summed E-state index contributed by atoms with van der Waals surface area (Å²) in [6.45, 7) is 5.98. The van der Waals surface area contributed by atoms with Crippen molar-refractivity contribution in [3.63, 3.8) is 0 Å². The van der Waals surface area contributed by atoms with Crippen molar-refractivity contribution >= 4 is 29.2 Å². The molecule has 1 atom stereocenters. The van der Waals surface area contributed by atoms with Crippen LogP contribution in [-0.2, 0) is 9.59 Å². The van der Waals surface area contributed by atoms with Crippen molar-refractivity contribution in [1.82, 2.24) is 10.2 Å². The molecular formula is C17H24N2O2S. The van der Waals surface area contributed by atoms with Gasteiger partial charge in [0.1, 0.15) is 0 Å². The second-order valence-corrected chi connectivity index (χ2v) is 6.86. The SMILES string of the molecule is CC(C)C(=O)NC[C@H]1CCCN(C(=O)/C=C/c2ccsc2)C1. The fraction of sp³-hybridized carbons (Fsp3) is 0.529. The molecule has 4 nitrogen and oxygen atoms in total. The summed E-state index contributed by atoms with van der Waals surface area (Å²) in [4.78, 5) is 25.8. The molecule has 0 saturated carbocycles. The molecule has 0 unspecified atom stereocenters. The number of hydrogen-bond acceptors (Lipinski definition) is 3. The number of thiophene rings is 1. The van der Waals surface area contributed by atoms with Crippen molar-refractivity contribution in [1.29, 1.82) is 0 Å². The van der Waals surface area contributed by atoms with Crippen molar-refractivity contribution in [2.24, 2.45) is 11.8 Å². The van der Waals surface area contributed by atoms with E-state index >= 15 is 0 Å². The van der Waals surface area contributed by atoms with Gasteiger partial charge in [-0.05, 0) is 47.2 Å². The lowest BCUT2D eigenvalue weighted by Gasteiger charge is -2.32. The highest BCUT2D eigenvalue weighted by Crippen LogP contribution is 2.17. The van der Waals surface area contributed by atoms with Crippen LogP contribution in [0.5, 0.6) is 0 Å². The first kappa shape index (κ1) is 16.7. The minimum absolute atomic E-state index is 0.00914. The molecule has 2 heterocycles. The van der Waals surface area contributed by atoms with Gasteiger partial charge in [0.15, 0.2) is 0 Å². The molecule has 0 bridgehead atoms. The van der Waals surface area contributed by atoms with E-state index in [0.717, 1.165) is 31.5 Å². The van der Waals surface area contributed by atoms with Crippen molar-refractivity contribution < 1.29 is 9.59 Å². The van der Waals surface area contributed by atoms with E-state index in [9.17, 15) is 9.59 Å². The highest BCUT2D eigenvalue weighted by atomic mass is 32.1. The number of hydrogen-bond donors (Lipinski definition) is 1. The molecule has 0 radical (unpaired) electrons. The maximum absolute atomic E-state index is 12.2. The molecule has 1 aliphatic rings. The van der Waals surface area contributed by atoms with Gasteiger partial charge in [-0.2, -0.15) is 11.3 Å². The van der Waals surface area contributed by atoms with Gasteiger partial charge in [0.05, 0.1) is 0 Å². The van der Waals surface area contributed by atoms with E-state index in [1.165, 1.54) is 0 Å². The van der Waals surface area contributed by atoms with Crippen LogP contribution in [0.1, 0.15) is 32.3 Å². The minimum atomic E-state index is 0.00914. The lowest BCUT2D eigenvalue weighted by atomic mass is 9.97. The van der Waals surface area contributed by atoms with Crippen LogP contribution < -0.4 is 5.32 Å². The maximum atomic E-state index is 12.2. The Morgan fingerprint density at radius 2 is 2.32 bits per heavy atom. The van der Waals surface area contributed by atoms with E-state index in [0.29, 0.717) is 12.5 Å². The largest absolute Gasteiger partial charge is 0.356 e. The third kappa shape index (κ3) is 4.98. The summed E-state index contributed by atoms with van der Waals surface area (Å²) in [5.41, 5.74) is 1.07. The summed E-state index contributed by atoms with van der Waals surface area (Å²) in [6, 6.07) is 1.99. The molecule has 0 spiro atoms. The van der Waals surface area contributed by atoms with Crippen molar-refractivity contribution in [2.45, 2.75) is 26.7 Å². The van der Waals surface area contributed by atoms with E-state index in [1.54, 1.807) is 17.4 Å². The van der Waals surface area contributed by atoms with Crippen LogP contribution in [-0.4, -0.2) is 36.3 Å². The van der Waals surface area contributed by atoms with Crippen LogP contribution in [0, 0.1) is 11.8 Å². The minimum Gasteiger partial charge on any atom is -0.356 e. The molecule has 0 aromatic carbocycles. The predicted molar refractivity (Wildman–Crippen MR) is 90.5 cm³/mol. The molecule has 1 saturated heterocycles. The van der Waals surface area contributed by atoms with Crippen molar-refractivity contribution in [2.75, 3.05) is 19.6 Å². The molecule has 5 heteroatoms. The summed E-state index contributed by atoms with van der Waals surface area (Å²) < 4.78 is 0. The van der Waals surface area contributed by atoms with E-state index in [-0.39, 0.29) is 17.7 Å². The Bertz CT molecular complexity index is 523. The number of nitrogens with one attached hydrogen (secondary N) is 1. The summed E-state index contributed by atoms with van der Waals surface area (Å²) in [5, 5.41) is 6.99. The molecule has 1 aromatic rings. The smallest absolute Gasteiger partial charge is 0.246 e. The third-order valence-corrected chi connectivity index (χ3v) is 4.58. The van der Waals surface area contributed by atoms with Gasteiger partial charge in [-0.15, -0.1) is 0 Å². The summed E-state index contributed by atoms with van der Waals surface area (Å²) in [5.74, 6) is 0.511. The number of piperidine rings is 1. The fourth-order valence-corrected chi connectivity index (χ4v) is 3.15. The van der Waals surface area contributed by atoms with Gasteiger partial charge in [0.2, 0.25) is 11.8 Å². The van der Waals surface area contributed by atoms with E-state index < -0.39 is 0 Å². The van der Waals surface area contributed by atoms with Gasteiger partial charge >= 0.3 is 0 Å². The van der Waals surface area contributed by atoms with Crippen LogP contribution in [0.25, 0.3) is 6.08 Å². The Kier molecular flexibility index (Phi) is 6.19. The zero-order chi connectivity index (χ0) is 15.9. The molecule has 22 heavy (non-hydrogen) atoms. The quantitative estimate of drug-likeness (QED) is 0.848. The fourth-order valence-electron chi connectivity index (χ4n) is 2.52. The molecule has 1 aromatic heterocycles. The zero-order valence-corrected chi connectivity index (χ0v) is 14.1. The second-order valence-electron chi connectivity index (χ2n) is 6.08. The number of nitrogens with zero attached hydrogens (tertiary/aromatic N) is 1. The van der Waals surface area contributed by atoms with E-state index in [4.69, 9.17) is 0 Å². The van der Waals surface area contributed by atoms with E-state index in [2.05, 4.69) is 5.32 Å². The molecule has 1 fully saturated rings. The monoisotopic (exact) mass is 320 g/mol. The second kappa shape index (κ2) is 8.13. The van der Waals surface area contributed by atoms with Crippen LogP contribution in [0.4, 0.5) is 0 Å². The Labute approximate surface area is 136 Å². The Hall–Kier alpha value is -1.62. The van der Waals surface area contributed by atoms with Gasteiger partial charge in [0.25, 0.3) is 0 Å². The summed E-state index contributed by atoms with van der Waals surface area (Å²) >= 11 is 1.62. The Balaban J connectivity index is 1.82.